The van der Waals surface area contributed by atoms with E-state index in [1.807, 2.05) is 11.8 Å². The summed E-state index contributed by atoms with van der Waals surface area (Å²) < 4.78 is 0. The van der Waals surface area contributed by atoms with E-state index >= 15 is 0 Å². The Morgan fingerprint density at radius 3 is 2.68 bits per heavy atom. The first-order valence-electron chi connectivity index (χ1n) is 9.06. The number of aromatic amines is 1. The van der Waals surface area contributed by atoms with Crippen molar-refractivity contribution in [1.82, 2.24) is 9.88 Å². The van der Waals surface area contributed by atoms with Gasteiger partial charge in [-0.05, 0) is 42.3 Å². The summed E-state index contributed by atoms with van der Waals surface area (Å²) in [5, 5.41) is 1.35. The molecule has 0 bridgehead atoms. The molecule has 128 valence electrons. The number of hydrogen-bond donors (Lipinski definition) is 1. The zero-order chi connectivity index (χ0) is 16.9. The topological polar surface area (TPSA) is 19.0 Å². The molecule has 0 amide bonds. The highest BCUT2D eigenvalue weighted by atomic mass is 32.2. The molecule has 0 aliphatic carbocycles. The van der Waals surface area contributed by atoms with Crippen LogP contribution in [0.5, 0.6) is 0 Å². The molecule has 2 heterocycles. The number of fused-ring (bicyclic) bond motifs is 1. The molecular weight excluding hydrogens is 324 g/mol. The lowest BCUT2D eigenvalue weighted by Gasteiger charge is -2.26. The second-order valence-electron chi connectivity index (χ2n) is 6.55. The number of para-hydroxylation sites is 1. The zero-order valence-electron chi connectivity index (χ0n) is 14.4. The number of hydrogen-bond acceptors (Lipinski definition) is 2. The molecule has 0 atom stereocenters. The van der Waals surface area contributed by atoms with Crippen LogP contribution in [0.4, 0.5) is 0 Å². The van der Waals surface area contributed by atoms with Crippen molar-refractivity contribution >= 4 is 28.2 Å². The summed E-state index contributed by atoms with van der Waals surface area (Å²) in [5.74, 6) is 1.17. The minimum atomic E-state index is 1.09. The number of nitrogens with one attached hydrogen (secondary N) is 1. The quantitative estimate of drug-likeness (QED) is 0.472. The zero-order valence-corrected chi connectivity index (χ0v) is 15.3. The summed E-state index contributed by atoms with van der Waals surface area (Å²) in [4.78, 5) is 7.31. The number of nitrogens with zero attached hydrogens (tertiary/aromatic N) is 1. The lowest BCUT2D eigenvalue weighted by Crippen LogP contribution is -2.29. The van der Waals surface area contributed by atoms with E-state index in [9.17, 15) is 0 Å². The monoisotopic (exact) mass is 348 g/mol. The molecule has 0 saturated carbocycles. The highest BCUT2D eigenvalue weighted by Gasteiger charge is 2.12. The molecule has 0 radical (unpaired) electrons. The smallest absolute Gasteiger partial charge is 0.0465 e. The van der Waals surface area contributed by atoms with Crippen molar-refractivity contribution in [2.75, 3.05) is 25.4 Å². The van der Waals surface area contributed by atoms with Crippen molar-refractivity contribution in [1.29, 1.82) is 0 Å². The van der Waals surface area contributed by atoms with Crippen LogP contribution in [0, 0.1) is 0 Å². The van der Waals surface area contributed by atoms with Gasteiger partial charge in [0, 0.05) is 35.1 Å². The third kappa shape index (κ3) is 4.00. The molecule has 0 spiro atoms. The summed E-state index contributed by atoms with van der Waals surface area (Å²) in [6.45, 7) is 3.45. The Balaban J connectivity index is 1.24. The first kappa shape index (κ1) is 16.5. The Kier molecular flexibility index (Phi) is 5.24. The van der Waals surface area contributed by atoms with Crippen molar-refractivity contribution in [3.63, 3.8) is 0 Å². The fourth-order valence-corrected chi connectivity index (χ4v) is 4.43. The van der Waals surface area contributed by atoms with E-state index in [-0.39, 0.29) is 0 Å². The predicted molar refractivity (Wildman–Crippen MR) is 109 cm³/mol. The maximum absolute atomic E-state index is 3.36. The Labute approximate surface area is 153 Å². The van der Waals surface area contributed by atoms with Crippen LogP contribution in [0.1, 0.15) is 18.4 Å². The maximum atomic E-state index is 3.36. The summed E-state index contributed by atoms with van der Waals surface area (Å²) in [6.07, 6.45) is 6.95. The maximum Gasteiger partial charge on any atom is 0.0465 e. The van der Waals surface area contributed by atoms with Gasteiger partial charge in [0.25, 0.3) is 0 Å². The molecule has 1 N–H and O–H groups in total. The normalized spacial score (nSPS) is 15.4. The Morgan fingerprint density at radius 1 is 1.00 bits per heavy atom. The van der Waals surface area contributed by atoms with Crippen LogP contribution in [0.3, 0.4) is 0 Å². The molecule has 0 saturated heterocycles. The van der Waals surface area contributed by atoms with Crippen LogP contribution < -0.4 is 0 Å². The van der Waals surface area contributed by atoms with E-state index in [2.05, 4.69) is 76.8 Å². The van der Waals surface area contributed by atoms with E-state index in [1.54, 1.807) is 0 Å². The third-order valence-electron chi connectivity index (χ3n) is 4.87. The molecule has 3 heteroatoms. The lowest BCUT2D eigenvalue weighted by molar-refractivity contribution is 0.303. The van der Waals surface area contributed by atoms with Gasteiger partial charge in [-0.15, -0.1) is 11.8 Å². The first-order valence-corrected chi connectivity index (χ1v) is 10.0. The van der Waals surface area contributed by atoms with Crippen LogP contribution >= 0.6 is 11.8 Å². The second kappa shape index (κ2) is 7.94. The van der Waals surface area contributed by atoms with Gasteiger partial charge in [-0.3, -0.25) is 4.90 Å². The van der Waals surface area contributed by atoms with Crippen LogP contribution in [0.15, 0.2) is 71.8 Å². The number of benzene rings is 2. The molecule has 0 unspecified atom stereocenters. The van der Waals surface area contributed by atoms with Crippen LogP contribution in [-0.4, -0.2) is 35.3 Å². The predicted octanol–water partition coefficient (Wildman–Crippen LogP) is 5.44. The van der Waals surface area contributed by atoms with E-state index in [0.717, 1.165) is 6.54 Å². The van der Waals surface area contributed by atoms with Crippen molar-refractivity contribution in [3.05, 3.63) is 72.4 Å². The molecule has 1 aromatic heterocycles. The van der Waals surface area contributed by atoms with Crippen LogP contribution in [0.2, 0.25) is 0 Å². The molecule has 1 aliphatic heterocycles. The molecule has 4 rings (SSSR count). The van der Waals surface area contributed by atoms with Gasteiger partial charge in [0.15, 0.2) is 0 Å². The minimum Gasteiger partial charge on any atom is -0.360 e. The van der Waals surface area contributed by atoms with Gasteiger partial charge in [-0.2, -0.15) is 0 Å². The van der Waals surface area contributed by atoms with Gasteiger partial charge < -0.3 is 4.98 Å². The number of rotatable bonds is 6. The summed E-state index contributed by atoms with van der Waals surface area (Å²) in [5.41, 5.74) is 4.13. The highest BCUT2D eigenvalue weighted by molar-refractivity contribution is 7.99. The number of thioether (sulfide) groups is 1. The second-order valence-corrected chi connectivity index (χ2v) is 7.68. The standard InChI is InChI=1S/C22H24N2S/c1-2-7-18(8-3-1)19-11-14-24(15-12-19)13-6-16-25-22-17-23-21-10-5-4-9-20(21)22/h1-5,7-11,17,23H,6,12-16H2. The molecule has 3 aromatic rings. The van der Waals surface area contributed by atoms with Gasteiger partial charge in [-0.25, -0.2) is 0 Å². The van der Waals surface area contributed by atoms with Crippen molar-refractivity contribution in [2.24, 2.45) is 0 Å². The van der Waals surface area contributed by atoms with Gasteiger partial charge in [0.05, 0.1) is 0 Å². The van der Waals surface area contributed by atoms with E-state index in [4.69, 9.17) is 0 Å². The highest BCUT2D eigenvalue weighted by Crippen LogP contribution is 2.28. The van der Waals surface area contributed by atoms with Gasteiger partial charge in [0.1, 0.15) is 0 Å². The van der Waals surface area contributed by atoms with Crippen molar-refractivity contribution in [3.8, 4) is 0 Å². The Bertz CT molecular complexity index is 851. The molecule has 2 nitrogen and oxygen atoms in total. The fraction of sp³-hybridized carbons (Fsp3) is 0.273. The molecule has 1 aliphatic rings. The average molecular weight is 349 g/mol. The van der Waals surface area contributed by atoms with Gasteiger partial charge >= 0.3 is 0 Å². The summed E-state index contributed by atoms with van der Waals surface area (Å²) >= 11 is 1.97. The fourth-order valence-electron chi connectivity index (χ4n) is 3.46. The molecule has 25 heavy (non-hydrogen) atoms. The van der Waals surface area contributed by atoms with Crippen LogP contribution in [-0.2, 0) is 0 Å². The number of aromatic nitrogens is 1. The largest absolute Gasteiger partial charge is 0.360 e. The molecule has 2 aromatic carbocycles. The third-order valence-corrected chi connectivity index (χ3v) is 6.01. The van der Waals surface area contributed by atoms with E-state index in [1.165, 1.54) is 58.6 Å². The average Bonchev–Trinajstić information content (AvgIpc) is 3.10. The van der Waals surface area contributed by atoms with Gasteiger partial charge in [-0.1, -0.05) is 54.6 Å². The summed E-state index contributed by atoms with van der Waals surface area (Å²) in [7, 11) is 0. The molecule has 0 fully saturated rings. The Morgan fingerprint density at radius 2 is 1.84 bits per heavy atom. The minimum absolute atomic E-state index is 1.09. The van der Waals surface area contributed by atoms with Crippen molar-refractivity contribution in [2.45, 2.75) is 17.7 Å². The van der Waals surface area contributed by atoms with Crippen LogP contribution in [0.25, 0.3) is 16.5 Å². The van der Waals surface area contributed by atoms with Crippen molar-refractivity contribution < 1.29 is 0 Å². The lowest BCUT2D eigenvalue weighted by atomic mass is 9.99. The Hall–Kier alpha value is -1.97. The SMILES string of the molecule is C1=C(c2ccccc2)CCN(CCCSc2c[nH]c3ccccc23)C1. The molecular formula is C22H24N2S. The number of H-pyrrole nitrogens is 1. The van der Waals surface area contributed by atoms with Gasteiger partial charge in [0.2, 0.25) is 0 Å². The summed E-state index contributed by atoms with van der Waals surface area (Å²) in [6, 6.07) is 19.3. The van der Waals surface area contributed by atoms with E-state index < -0.39 is 0 Å². The first-order chi connectivity index (χ1) is 12.4. The van der Waals surface area contributed by atoms with E-state index in [0.29, 0.717) is 0 Å².